The summed E-state index contributed by atoms with van der Waals surface area (Å²) in [7, 11) is 3.26. The predicted molar refractivity (Wildman–Crippen MR) is 103 cm³/mol. The van der Waals surface area contributed by atoms with Crippen molar-refractivity contribution in [1.82, 2.24) is 10.2 Å². The minimum atomic E-state index is -0.473. The molecule has 1 saturated carbocycles. The predicted octanol–water partition coefficient (Wildman–Crippen LogP) is 2.34. The first-order valence-electron chi connectivity index (χ1n) is 9.82. The van der Waals surface area contributed by atoms with Crippen LogP contribution in [0, 0.1) is 0 Å². The van der Waals surface area contributed by atoms with E-state index in [4.69, 9.17) is 9.47 Å². The number of methoxy groups -OCH3 is 2. The van der Waals surface area contributed by atoms with E-state index in [1.807, 2.05) is 29.2 Å². The molecule has 1 heterocycles. The van der Waals surface area contributed by atoms with Gasteiger partial charge in [-0.1, -0.05) is 37.5 Å². The zero-order valence-electron chi connectivity index (χ0n) is 16.3. The smallest absolute Gasteiger partial charge is 0.254 e. The normalized spacial score (nSPS) is 21.2. The van der Waals surface area contributed by atoms with Crippen molar-refractivity contribution in [3.05, 3.63) is 35.4 Å². The Labute approximate surface area is 161 Å². The first-order chi connectivity index (χ1) is 13.2. The minimum Gasteiger partial charge on any atom is -0.383 e. The van der Waals surface area contributed by atoms with Crippen LogP contribution >= 0.6 is 0 Å². The maximum Gasteiger partial charge on any atom is 0.254 e. The summed E-state index contributed by atoms with van der Waals surface area (Å²) in [5.74, 6) is -0.359. The number of nitrogens with one attached hydrogen (secondary N) is 1. The van der Waals surface area contributed by atoms with Gasteiger partial charge in [0.05, 0.1) is 24.7 Å². The minimum absolute atomic E-state index is 0.0173. The van der Waals surface area contributed by atoms with Crippen molar-refractivity contribution in [1.29, 1.82) is 0 Å². The van der Waals surface area contributed by atoms with Gasteiger partial charge in [0, 0.05) is 32.9 Å². The molecule has 1 N–H and O–H groups in total. The van der Waals surface area contributed by atoms with Crippen molar-refractivity contribution in [2.45, 2.75) is 43.6 Å². The van der Waals surface area contributed by atoms with Crippen LogP contribution in [0.3, 0.4) is 0 Å². The zero-order chi connectivity index (χ0) is 19.3. The van der Waals surface area contributed by atoms with Gasteiger partial charge in [0.1, 0.15) is 0 Å². The van der Waals surface area contributed by atoms with Crippen LogP contribution in [0.4, 0.5) is 0 Å². The third kappa shape index (κ3) is 3.73. The summed E-state index contributed by atoms with van der Waals surface area (Å²) in [5.41, 5.74) is 1.02. The zero-order valence-corrected chi connectivity index (χ0v) is 16.3. The fraction of sp³-hybridized carbons (Fsp3) is 0.619. The lowest BCUT2D eigenvalue weighted by molar-refractivity contribution is -0.127. The number of hydrogen-bond donors (Lipinski definition) is 1. The van der Waals surface area contributed by atoms with E-state index in [-0.39, 0.29) is 17.7 Å². The van der Waals surface area contributed by atoms with Crippen molar-refractivity contribution in [3.63, 3.8) is 0 Å². The molecule has 1 fully saturated rings. The molecule has 3 rings (SSSR count). The van der Waals surface area contributed by atoms with Crippen molar-refractivity contribution >= 4 is 11.8 Å². The highest BCUT2D eigenvalue weighted by molar-refractivity contribution is 6.02. The Balaban J connectivity index is 2.05. The lowest BCUT2D eigenvalue weighted by atomic mass is 9.65. The number of carbonyl (C=O) groups excluding carboxylic acids is 2. The first kappa shape index (κ1) is 19.8. The molecule has 1 spiro atoms. The van der Waals surface area contributed by atoms with Crippen LogP contribution in [0.2, 0.25) is 0 Å². The van der Waals surface area contributed by atoms with Gasteiger partial charge in [-0.15, -0.1) is 0 Å². The Bertz CT molecular complexity index is 670. The second-order valence-corrected chi connectivity index (χ2v) is 7.42. The summed E-state index contributed by atoms with van der Waals surface area (Å²) in [6.07, 6.45) is 4.90. The van der Waals surface area contributed by atoms with Gasteiger partial charge in [0.25, 0.3) is 5.91 Å². The molecule has 1 aliphatic heterocycles. The monoisotopic (exact) mass is 374 g/mol. The van der Waals surface area contributed by atoms with E-state index in [1.165, 1.54) is 0 Å². The Morgan fingerprint density at radius 2 is 1.85 bits per heavy atom. The summed E-state index contributed by atoms with van der Waals surface area (Å²) < 4.78 is 10.4. The highest BCUT2D eigenvalue weighted by Crippen LogP contribution is 2.49. The topological polar surface area (TPSA) is 67.9 Å². The second-order valence-electron chi connectivity index (χ2n) is 7.42. The lowest BCUT2D eigenvalue weighted by Gasteiger charge is -2.53. The maximum absolute atomic E-state index is 13.3. The van der Waals surface area contributed by atoms with Crippen molar-refractivity contribution in [2.24, 2.45) is 0 Å². The van der Waals surface area contributed by atoms with E-state index in [9.17, 15) is 9.59 Å². The molecule has 0 aromatic heterocycles. The van der Waals surface area contributed by atoms with E-state index in [0.717, 1.165) is 37.7 Å². The molecule has 2 aliphatic rings. The third-order valence-electron chi connectivity index (χ3n) is 5.93. The van der Waals surface area contributed by atoms with E-state index >= 15 is 0 Å². The summed E-state index contributed by atoms with van der Waals surface area (Å²) in [4.78, 5) is 28.6. The maximum atomic E-state index is 13.3. The molecule has 6 heteroatoms. The first-order valence-corrected chi connectivity index (χ1v) is 9.82. The van der Waals surface area contributed by atoms with Gasteiger partial charge < -0.3 is 19.7 Å². The highest BCUT2D eigenvalue weighted by Gasteiger charge is 2.54. The van der Waals surface area contributed by atoms with Crippen molar-refractivity contribution in [2.75, 3.05) is 40.5 Å². The van der Waals surface area contributed by atoms with E-state index < -0.39 is 5.54 Å². The van der Waals surface area contributed by atoms with Crippen LogP contribution in [0.5, 0.6) is 0 Å². The molecular weight excluding hydrogens is 344 g/mol. The molecule has 0 unspecified atom stereocenters. The van der Waals surface area contributed by atoms with Crippen LogP contribution in [0.1, 0.15) is 53.9 Å². The van der Waals surface area contributed by atoms with Crippen LogP contribution in [-0.2, 0) is 14.3 Å². The van der Waals surface area contributed by atoms with Crippen LogP contribution < -0.4 is 5.32 Å². The second kappa shape index (κ2) is 8.85. The molecule has 0 saturated heterocycles. The number of ether oxygens (including phenoxy) is 2. The Kier molecular flexibility index (Phi) is 6.50. The van der Waals surface area contributed by atoms with Crippen molar-refractivity contribution in [3.8, 4) is 0 Å². The summed E-state index contributed by atoms with van der Waals surface area (Å²) >= 11 is 0. The number of nitrogens with zero attached hydrogens (tertiary/aromatic N) is 1. The van der Waals surface area contributed by atoms with Gasteiger partial charge in [-0.2, -0.15) is 0 Å². The Morgan fingerprint density at radius 3 is 2.56 bits per heavy atom. The lowest BCUT2D eigenvalue weighted by Crippen LogP contribution is -2.63. The Morgan fingerprint density at radius 1 is 1.15 bits per heavy atom. The van der Waals surface area contributed by atoms with E-state index in [2.05, 4.69) is 5.32 Å². The van der Waals surface area contributed by atoms with Gasteiger partial charge in [0.2, 0.25) is 5.91 Å². The third-order valence-corrected chi connectivity index (χ3v) is 5.93. The molecule has 2 amide bonds. The van der Waals surface area contributed by atoms with Crippen LogP contribution in [-0.4, -0.2) is 62.8 Å². The SMILES string of the molecule is COCCNC(=O)[C@H]1c2ccccc2C(=O)N(CCOC)C12CCCCC2. The number of amides is 2. The number of carbonyl (C=O) groups is 2. The molecule has 27 heavy (non-hydrogen) atoms. The summed E-state index contributed by atoms with van der Waals surface area (Å²) in [6.45, 7) is 1.91. The number of fused-ring (bicyclic) bond motifs is 1. The molecule has 1 aromatic rings. The summed E-state index contributed by atoms with van der Waals surface area (Å²) in [5, 5.41) is 3.02. The van der Waals surface area contributed by atoms with E-state index in [0.29, 0.717) is 31.9 Å². The molecule has 1 aliphatic carbocycles. The number of hydrogen-bond acceptors (Lipinski definition) is 4. The fourth-order valence-corrected chi connectivity index (χ4v) is 4.73. The largest absolute Gasteiger partial charge is 0.383 e. The molecule has 0 radical (unpaired) electrons. The van der Waals surface area contributed by atoms with Gasteiger partial charge in [-0.25, -0.2) is 0 Å². The van der Waals surface area contributed by atoms with Gasteiger partial charge in [-0.3, -0.25) is 9.59 Å². The fourth-order valence-electron chi connectivity index (χ4n) is 4.73. The molecule has 6 nitrogen and oxygen atoms in total. The van der Waals surface area contributed by atoms with Crippen LogP contribution in [0.15, 0.2) is 24.3 Å². The van der Waals surface area contributed by atoms with Gasteiger partial charge in [0.15, 0.2) is 0 Å². The number of benzene rings is 1. The van der Waals surface area contributed by atoms with Crippen molar-refractivity contribution < 1.29 is 19.1 Å². The molecule has 1 atom stereocenters. The van der Waals surface area contributed by atoms with E-state index in [1.54, 1.807) is 14.2 Å². The molecular formula is C21H30N2O4. The average molecular weight is 374 g/mol. The Hall–Kier alpha value is -1.92. The highest BCUT2D eigenvalue weighted by atomic mass is 16.5. The average Bonchev–Trinajstić information content (AvgIpc) is 2.69. The van der Waals surface area contributed by atoms with Crippen LogP contribution in [0.25, 0.3) is 0 Å². The van der Waals surface area contributed by atoms with Gasteiger partial charge >= 0.3 is 0 Å². The standard InChI is InChI=1S/C21H30N2O4/c1-26-14-12-22-19(24)18-16-8-4-5-9-17(16)20(25)23(13-15-27-2)21(18)10-6-3-7-11-21/h4-5,8-9,18H,3,6-7,10-15H2,1-2H3,(H,22,24)/t18-/m1/s1. The van der Waals surface area contributed by atoms with Gasteiger partial charge in [-0.05, 0) is 24.5 Å². The number of rotatable bonds is 7. The molecule has 0 bridgehead atoms. The molecule has 1 aromatic carbocycles. The summed E-state index contributed by atoms with van der Waals surface area (Å²) in [6, 6.07) is 7.56. The molecule has 148 valence electrons. The quantitative estimate of drug-likeness (QED) is 0.744.